The van der Waals surface area contributed by atoms with Crippen LogP contribution in [0.5, 0.6) is 0 Å². The van der Waals surface area contributed by atoms with Gasteiger partial charge in [-0.2, -0.15) is 0 Å². The second-order valence-electron chi connectivity index (χ2n) is 2.29. The zero-order chi connectivity index (χ0) is 7.28. The van der Waals surface area contributed by atoms with Gasteiger partial charge in [-0.1, -0.05) is 6.92 Å². The molecule has 0 heterocycles. The molecular formula is C6H15NOS. The van der Waals surface area contributed by atoms with E-state index < -0.39 is 10.8 Å². The van der Waals surface area contributed by atoms with Gasteiger partial charge in [0.05, 0.1) is 0 Å². The van der Waals surface area contributed by atoms with E-state index in [4.69, 9.17) is 5.73 Å². The Hall–Kier alpha value is 0.110. The summed E-state index contributed by atoms with van der Waals surface area (Å²) in [6.45, 7) is 3.91. The number of hydrogen-bond acceptors (Lipinski definition) is 2. The largest absolute Gasteiger partial charge is 0.327 e. The Bertz CT molecular complexity index is 93.1. The van der Waals surface area contributed by atoms with E-state index in [2.05, 4.69) is 0 Å². The molecule has 56 valence electrons. The highest BCUT2D eigenvalue weighted by Crippen LogP contribution is 1.88. The zero-order valence-electron chi connectivity index (χ0n) is 6.09. The first kappa shape index (κ1) is 9.11. The fraction of sp³-hybridized carbons (Fsp3) is 1.00. The lowest BCUT2D eigenvalue weighted by molar-refractivity contribution is 0.675. The van der Waals surface area contributed by atoms with Crippen LogP contribution >= 0.6 is 0 Å². The van der Waals surface area contributed by atoms with Gasteiger partial charge in [0.1, 0.15) is 0 Å². The molecule has 0 aliphatic carbocycles. The second kappa shape index (κ2) is 4.94. The van der Waals surface area contributed by atoms with Crippen molar-refractivity contribution in [3.8, 4) is 0 Å². The first-order valence-corrected chi connectivity index (χ1v) is 4.76. The van der Waals surface area contributed by atoms with Crippen molar-refractivity contribution in [2.24, 2.45) is 5.73 Å². The Kier molecular flexibility index (Phi) is 5.00. The third-order valence-electron chi connectivity index (χ3n) is 0.881. The van der Waals surface area contributed by atoms with Crippen LogP contribution in [0.15, 0.2) is 0 Å². The van der Waals surface area contributed by atoms with Crippen molar-refractivity contribution in [1.29, 1.82) is 0 Å². The number of hydrogen-bond donors (Lipinski definition) is 1. The van der Waals surface area contributed by atoms with Crippen LogP contribution in [0.3, 0.4) is 0 Å². The Balaban J connectivity index is 3.27. The molecule has 0 aromatic heterocycles. The topological polar surface area (TPSA) is 43.1 Å². The fourth-order valence-electron chi connectivity index (χ4n) is 0.604. The molecule has 0 fully saturated rings. The van der Waals surface area contributed by atoms with Gasteiger partial charge in [0.25, 0.3) is 0 Å². The fourth-order valence-corrected chi connectivity index (χ4v) is 1.81. The molecule has 2 nitrogen and oxygen atoms in total. The summed E-state index contributed by atoms with van der Waals surface area (Å²) in [5, 5.41) is 0. The van der Waals surface area contributed by atoms with Crippen molar-refractivity contribution in [2.75, 3.05) is 11.5 Å². The predicted molar refractivity (Wildman–Crippen MR) is 41.8 cm³/mol. The van der Waals surface area contributed by atoms with Crippen LogP contribution in [-0.4, -0.2) is 21.8 Å². The molecule has 0 radical (unpaired) electrons. The summed E-state index contributed by atoms with van der Waals surface area (Å²) in [6, 6.07) is 0.0809. The number of rotatable bonds is 4. The average molecular weight is 149 g/mol. The molecule has 0 rings (SSSR count). The van der Waals surface area contributed by atoms with Crippen molar-refractivity contribution in [2.45, 2.75) is 26.3 Å². The van der Waals surface area contributed by atoms with Gasteiger partial charge in [0.2, 0.25) is 0 Å². The van der Waals surface area contributed by atoms with Gasteiger partial charge < -0.3 is 5.73 Å². The molecule has 0 amide bonds. The van der Waals surface area contributed by atoms with E-state index in [0.717, 1.165) is 12.2 Å². The highest BCUT2D eigenvalue weighted by molar-refractivity contribution is 7.85. The Morgan fingerprint density at radius 3 is 2.56 bits per heavy atom. The van der Waals surface area contributed by atoms with Crippen LogP contribution in [0, 0.1) is 0 Å². The minimum absolute atomic E-state index is 0.0809. The van der Waals surface area contributed by atoms with Crippen LogP contribution in [-0.2, 0) is 10.8 Å². The van der Waals surface area contributed by atoms with Crippen LogP contribution < -0.4 is 5.73 Å². The summed E-state index contributed by atoms with van der Waals surface area (Å²) in [5.74, 6) is 1.44. The molecule has 0 aliphatic rings. The summed E-state index contributed by atoms with van der Waals surface area (Å²) in [6.07, 6.45) is 0.985. The van der Waals surface area contributed by atoms with Gasteiger partial charge in [-0.05, 0) is 13.3 Å². The van der Waals surface area contributed by atoms with Crippen molar-refractivity contribution in [3.05, 3.63) is 0 Å². The van der Waals surface area contributed by atoms with Gasteiger partial charge in [-0.25, -0.2) is 0 Å². The normalized spacial score (nSPS) is 17.2. The van der Waals surface area contributed by atoms with E-state index in [0.29, 0.717) is 5.75 Å². The summed E-state index contributed by atoms with van der Waals surface area (Å²) in [7, 11) is -0.675. The van der Waals surface area contributed by atoms with Crippen LogP contribution in [0.4, 0.5) is 0 Å². The standard InChI is InChI=1S/C6H15NOS/c1-3-4-9(8)5-6(2)7/h6H,3-5,7H2,1-2H3. The Labute approximate surface area is 59.3 Å². The molecule has 2 unspecified atom stereocenters. The lowest BCUT2D eigenvalue weighted by Crippen LogP contribution is -2.23. The van der Waals surface area contributed by atoms with E-state index in [9.17, 15) is 4.21 Å². The van der Waals surface area contributed by atoms with E-state index in [1.165, 1.54) is 0 Å². The maximum atomic E-state index is 10.9. The molecular weight excluding hydrogens is 134 g/mol. The van der Waals surface area contributed by atoms with E-state index in [-0.39, 0.29) is 6.04 Å². The number of nitrogens with two attached hydrogens (primary N) is 1. The van der Waals surface area contributed by atoms with Gasteiger partial charge in [0, 0.05) is 28.3 Å². The maximum Gasteiger partial charge on any atom is 0.0383 e. The van der Waals surface area contributed by atoms with E-state index >= 15 is 0 Å². The molecule has 2 atom stereocenters. The summed E-state index contributed by atoms with van der Waals surface area (Å²) in [5.41, 5.74) is 5.43. The molecule has 9 heavy (non-hydrogen) atoms. The summed E-state index contributed by atoms with van der Waals surface area (Å²) < 4.78 is 10.9. The molecule has 0 bridgehead atoms. The predicted octanol–water partition coefficient (Wildman–Crippen LogP) is 0.492. The van der Waals surface area contributed by atoms with Crippen LogP contribution in [0.25, 0.3) is 0 Å². The molecule has 3 heteroatoms. The van der Waals surface area contributed by atoms with Gasteiger partial charge in [0.15, 0.2) is 0 Å². The molecule has 0 saturated carbocycles. The van der Waals surface area contributed by atoms with Gasteiger partial charge >= 0.3 is 0 Å². The molecule has 0 saturated heterocycles. The third-order valence-corrected chi connectivity index (χ3v) is 2.64. The average Bonchev–Trinajstić information content (AvgIpc) is 1.63. The molecule has 0 aromatic rings. The lowest BCUT2D eigenvalue weighted by atomic mass is 10.4. The monoisotopic (exact) mass is 149 g/mol. The minimum atomic E-state index is -0.675. The summed E-state index contributed by atoms with van der Waals surface area (Å²) >= 11 is 0. The van der Waals surface area contributed by atoms with Gasteiger partial charge in [-0.15, -0.1) is 0 Å². The Morgan fingerprint density at radius 1 is 1.67 bits per heavy atom. The van der Waals surface area contributed by atoms with Crippen LogP contribution in [0.2, 0.25) is 0 Å². The van der Waals surface area contributed by atoms with Crippen molar-refractivity contribution in [3.63, 3.8) is 0 Å². The highest BCUT2D eigenvalue weighted by atomic mass is 32.2. The lowest BCUT2D eigenvalue weighted by Gasteiger charge is -2.02. The third kappa shape index (κ3) is 5.99. The van der Waals surface area contributed by atoms with E-state index in [1.54, 1.807) is 0 Å². The zero-order valence-corrected chi connectivity index (χ0v) is 6.91. The van der Waals surface area contributed by atoms with Crippen molar-refractivity contribution < 1.29 is 4.21 Å². The maximum absolute atomic E-state index is 10.9. The highest BCUT2D eigenvalue weighted by Gasteiger charge is 2.00. The minimum Gasteiger partial charge on any atom is -0.327 e. The quantitative estimate of drug-likeness (QED) is 0.632. The van der Waals surface area contributed by atoms with Crippen molar-refractivity contribution in [1.82, 2.24) is 0 Å². The first-order valence-electron chi connectivity index (χ1n) is 3.27. The Morgan fingerprint density at radius 2 is 2.22 bits per heavy atom. The SMILES string of the molecule is CCCS(=O)CC(C)N. The smallest absolute Gasteiger partial charge is 0.0383 e. The second-order valence-corrected chi connectivity index (χ2v) is 3.91. The molecule has 0 aromatic carbocycles. The van der Waals surface area contributed by atoms with Crippen molar-refractivity contribution >= 4 is 10.8 Å². The molecule has 0 spiro atoms. The van der Waals surface area contributed by atoms with E-state index in [1.807, 2.05) is 13.8 Å². The summed E-state index contributed by atoms with van der Waals surface area (Å²) in [4.78, 5) is 0. The van der Waals surface area contributed by atoms with Crippen LogP contribution in [0.1, 0.15) is 20.3 Å². The molecule has 2 N–H and O–H groups in total. The molecule has 0 aliphatic heterocycles. The van der Waals surface area contributed by atoms with Gasteiger partial charge in [-0.3, -0.25) is 4.21 Å². The first-order chi connectivity index (χ1) is 4.16.